The minimum Gasteiger partial charge on any atom is -0.483 e. The van der Waals surface area contributed by atoms with Gasteiger partial charge in [-0.1, -0.05) is 116 Å². The number of pyridine rings is 2. The van der Waals surface area contributed by atoms with Crippen molar-refractivity contribution in [3.8, 4) is 39.5 Å². The second-order valence-corrected chi connectivity index (χ2v) is 29.4. The Labute approximate surface area is 403 Å². The fraction of sp³-hybridized carbons (Fsp3) is 0.169. The molecule has 0 aliphatic carbocycles. The van der Waals surface area contributed by atoms with E-state index in [2.05, 4.69) is 189 Å². The predicted molar refractivity (Wildman–Crippen MR) is 275 cm³/mol. The van der Waals surface area contributed by atoms with E-state index in [1.165, 1.54) is 32.7 Å². The van der Waals surface area contributed by atoms with Crippen molar-refractivity contribution in [2.45, 2.75) is 57.3 Å². The Kier molecular flexibility index (Phi) is 12.7. The van der Waals surface area contributed by atoms with Gasteiger partial charge in [0, 0.05) is 30.9 Å². The Morgan fingerprint density at radius 1 is 0.636 bits per heavy atom. The summed E-state index contributed by atoms with van der Waals surface area (Å²) < 4.78 is 10.1. The summed E-state index contributed by atoms with van der Waals surface area (Å²) in [5.41, 5.74) is 12.6. The molecule has 0 amide bonds. The number of benzene rings is 7. The molecule has 0 aliphatic rings. The summed E-state index contributed by atoms with van der Waals surface area (Å²) in [6, 6.07) is 58.4. The zero-order valence-electron chi connectivity index (χ0n) is 38.5. The number of aromatic nitrogens is 4. The normalized spacial score (nSPS) is 11.8. The van der Waals surface area contributed by atoms with Gasteiger partial charge in [-0.3, -0.25) is 4.98 Å². The molecule has 7 heteroatoms. The first-order chi connectivity index (χ1) is 31.5. The van der Waals surface area contributed by atoms with E-state index in [9.17, 15) is 0 Å². The molecule has 0 N–H and O–H groups in total. The minimum absolute atomic E-state index is 0. The molecule has 0 bridgehead atoms. The topological polar surface area (TPSA) is 56.7 Å². The molecule has 4 heterocycles. The van der Waals surface area contributed by atoms with Crippen LogP contribution in [0.2, 0.25) is 17.3 Å². The van der Waals surface area contributed by atoms with Crippen molar-refractivity contribution >= 4 is 72.3 Å². The molecule has 0 atom stereocenters. The van der Waals surface area contributed by atoms with Crippen LogP contribution in [0.5, 0.6) is 0 Å². The van der Waals surface area contributed by atoms with Crippen molar-refractivity contribution in [1.29, 1.82) is 0 Å². The van der Waals surface area contributed by atoms with Crippen molar-refractivity contribution in [2.24, 2.45) is 5.92 Å². The van der Waals surface area contributed by atoms with Gasteiger partial charge in [0.1, 0.15) is 11.3 Å². The largest absolute Gasteiger partial charge is 0.483 e. The van der Waals surface area contributed by atoms with Gasteiger partial charge >= 0.3 is 126 Å². The number of nitrogens with zero attached hydrogens (tertiary/aromatic N) is 4. The molecule has 5 nitrogen and oxygen atoms in total. The van der Waals surface area contributed by atoms with Crippen LogP contribution in [0, 0.1) is 18.2 Å². The van der Waals surface area contributed by atoms with E-state index in [1.807, 2.05) is 36.4 Å². The molecule has 0 saturated heterocycles. The number of fused-ring (bicyclic) bond motifs is 7. The Morgan fingerprint density at radius 2 is 1.32 bits per heavy atom. The van der Waals surface area contributed by atoms with Crippen molar-refractivity contribution in [3.63, 3.8) is 0 Å². The molecule has 0 spiro atoms. The molecule has 329 valence electrons. The fourth-order valence-corrected chi connectivity index (χ4v) is 12.8. The standard InChI is InChI=1S/C41H28N3O.C18H24GeN.Ir/c1-25(2)38-31-16-8-6-14-29(31)30-15-7-9-17-32(30)39(38)44-36-19-11-10-18-35(36)43-40(44)28-23-34-33-22-27(26-12-4-3-5-13-26)20-21-37(33)45-41(34)42-24-28;1-14(2)11-16-12-18(15-9-7-6-8-10-15)20-13-17(16)19(3,4)5;/h3-23,25H,1-2H3;6-9,12-14H,11H2,1-5H3;/q2*-1;. The van der Waals surface area contributed by atoms with Gasteiger partial charge in [0.25, 0.3) is 0 Å². The SMILES string of the molecule is CC(C)Cc1cc(-c2[c-]cccc2)nc[c]1[Ge]([CH3])([CH3])[CH3].CC(C)c1c(-n2c(-c3[c-]nc4oc5ccc(-c6ccccc6)cc5c4c3)nc3ccccc32)c2ccccc2c2ccccc12.[Ir]. The zero-order valence-corrected chi connectivity index (χ0v) is 43.0. The fourth-order valence-electron chi connectivity index (χ4n) is 9.43. The second-order valence-electron chi connectivity index (χ2n) is 18.8. The van der Waals surface area contributed by atoms with Crippen LogP contribution in [-0.4, -0.2) is 32.8 Å². The molecule has 0 aliphatic heterocycles. The van der Waals surface area contributed by atoms with Gasteiger partial charge in [0.2, 0.25) is 0 Å². The third kappa shape index (κ3) is 8.54. The average Bonchev–Trinajstić information content (AvgIpc) is 3.89. The Hall–Kier alpha value is -6.18. The number of furan rings is 1. The maximum absolute atomic E-state index is 6.19. The molecular formula is C59H52GeIrN4O-2. The van der Waals surface area contributed by atoms with Gasteiger partial charge in [-0.15, -0.1) is 6.07 Å². The quantitative estimate of drug-likeness (QED) is 0.0864. The monoisotopic (exact) mass is 1100 g/mol. The summed E-state index contributed by atoms with van der Waals surface area (Å²) in [7, 11) is 0. The summed E-state index contributed by atoms with van der Waals surface area (Å²) in [5.74, 6) is 9.07. The third-order valence-corrected chi connectivity index (χ3v) is 16.7. The van der Waals surface area contributed by atoms with Crippen molar-refractivity contribution in [1.82, 2.24) is 19.5 Å². The van der Waals surface area contributed by atoms with Crippen LogP contribution in [-0.2, 0) is 26.5 Å². The number of hydrogen-bond donors (Lipinski definition) is 0. The van der Waals surface area contributed by atoms with Crippen LogP contribution in [0.4, 0.5) is 0 Å². The number of para-hydroxylation sites is 2. The van der Waals surface area contributed by atoms with Gasteiger partial charge in [-0.2, -0.15) is 0 Å². The van der Waals surface area contributed by atoms with Crippen molar-refractivity contribution in [3.05, 3.63) is 187 Å². The summed E-state index contributed by atoms with van der Waals surface area (Å²) in [5, 5.41) is 6.91. The first-order valence-electron chi connectivity index (χ1n) is 22.7. The van der Waals surface area contributed by atoms with E-state index >= 15 is 0 Å². The Bertz CT molecular complexity index is 3510. The predicted octanol–water partition coefficient (Wildman–Crippen LogP) is 15.2. The number of imidazole rings is 1. The first kappa shape index (κ1) is 45.0. The van der Waals surface area contributed by atoms with E-state index in [1.54, 1.807) is 4.40 Å². The van der Waals surface area contributed by atoms with Gasteiger partial charge in [0.15, 0.2) is 0 Å². The van der Waals surface area contributed by atoms with Crippen LogP contribution < -0.4 is 4.40 Å². The Balaban J connectivity index is 0.000000221. The van der Waals surface area contributed by atoms with E-state index in [-0.39, 0.29) is 26.0 Å². The average molecular weight is 1100 g/mol. The molecular weight excluding hydrogens is 1050 g/mol. The van der Waals surface area contributed by atoms with Gasteiger partial charge in [0.05, 0.1) is 22.5 Å². The van der Waals surface area contributed by atoms with Crippen LogP contribution in [0.15, 0.2) is 168 Å². The van der Waals surface area contributed by atoms with E-state index in [0.717, 1.165) is 73.3 Å². The molecule has 0 unspecified atom stereocenters. The first-order valence-corrected chi connectivity index (χ1v) is 30.1. The second kappa shape index (κ2) is 18.6. The third-order valence-electron chi connectivity index (χ3n) is 12.3. The molecule has 4 aromatic heterocycles. The number of rotatable bonds is 8. The smallest absolute Gasteiger partial charge is 0.141 e. The zero-order chi connectivity index (χ0) is 44.8. The summed E-state index contributed by atoms with van der Waals surface area (Å²) in [4.78, 5) is 14.7. The maximum atomic E-state index is 6.19. The van der Waals surface area contributed by atoms with Gasteiger partial charge in [-0.25, -0.2) is 0 Å². The summed E-state index contributed by atoms with van der Waals surface area (Å²) >= 11 is -1.86. The van der Waals surface area contributed by atoms with E-state index < -0.39 is 13.3 Å². The molecule has 7 aromatic carbocycles. The van der Waals surface area contributed by atoms with E-state index in [0.29, 0.717) is 11.6 Å². The van der Waals surface area contributed by atoms with Crippen LogP contribution in [0.1, 0.15) is 44.7 Å². The van der Waals surface area contributed by atoms with Gasteiger partial charge in [-0.05, 0) is 74.6 Å². The summed E-state index contributed by atoms with van der Waals surface area (Å²) in [6.45, 7) is 9.13. The van der Waals surface area contributed by atoms with Crippen LogP contribution in [0.3, 0.4) is 0 Å². The van der Waals surface area contributed by atoms with Crippen LogP contribution in [0.25, 0.3) is 94.1 Å². The van der Waals surface area contributed by atoms with Crippen molar-refractivity contribution < 1.29 is 24.5 Å². The Morgan fingerprint density at radius 3 is 2.03 bits per heavy atom. The molecule has 66 heavy (non-hydrogen) atoms. The van der Waals surface area contributed by atoms with Gasteiger partial charge < -0.3 is 14.0 Å². The molecule has 11 aromatic rings. The van der Waals surface area contributed by atoms with E-state index in [4.69, 9.17) is 19.4 Å². The minimum atomic E-state index is -1.86. The molecule has 1 radical (unpaired) electrons. The van der Waals surface area contributed by atoms with Crippen LogP contribution >= 0.6 is 0 Å². The summed E-state index contributed by atoms with van der Waals surface area (Å²) in [6.07, 6.45) is 6.58. The molecule has 0 saturated carbocycles. The molecule has 0 fully saturated rings. The molecule has 11 rings (SSSR count). The maximum Gasteiger partial charge on any atom is 0.141 e. The number of hydrogen-bond acceptors (Lipinski definition) is 4. The van der Waals surface area contributed by atoms with Crippen molar-refractivity contribution in [2.75, 3.05) is 0 Å².